The van der Waals surface area contributed by atoms with Crippen molar-refractivity contribution in [2.24, 2.45) is 5.92 Å². The average molecular weight is 356 g/mol. The number of ether oxygens (including phenoxy) is 1. The van der Waals surface area contributed by atoms with Crippen molar-refractivity contribution in [3.05, 3.63) is 33.3 Å². The van der Waals surface area contributed by atoms with Gasteiger partial charge < -0.3 is 15.0 Å². The molecule has 24 heavy (non-hydrogen) atoms. The molecule has 1 heterocycles. The van der Waals surface area contributed by atoms with Crippen molar-refractivity contribution in [3.63, 3.8) is 0 Å². The molecule has 1 aromatic rings. The van der Waals surface area contributed by atoms with Gasteiger partial charge in [-0.3, -0.25) is 19.7 Å². The maximum Gasteiger partial charge on any atom is 0.271 e. The van der Waals surface area contributed by atoms with Crippen molar-refractivity contribution in [3.8, 4) is 0 Å². The summed E-state index contributed by atoms with van der Waals surface area (Å²) in [6.45, 7) is 2.56. The fourth-order valence-electron chi connectivity index (χ4n) is 2.62. The van der Waals surface area contributed by atoms with Crippen molar-refractivity contribution < 1.29 is 19.2 Å². The number of benzene rings is 1. The van der Waals surface area contributed by atoms with Crippen LogP contribution in [0.2, 0.25) is 5.02 Å². The molecular weight excluding hydrogens is 338 g/mol. The van der Waals surface area contributed by atoms with Crippen LogP contribution in [0.5, 0.6) is 0 Å². The Balaban J connectivity index is 2.03. The minimum Gasteiger partial charge on any atom is -0.383 e. The Kier molecular flexibility index (Phi) is 5.74. The Hall–Kier alpha value is -2.19. The van der Waals surface area contributed by atoms with Gasteiger partial charge in [-0.1, -0.05) is 11.6 Å². The number of carbonyl (C=O) groups excluding carboxylic acids is 2. The van der Waals surface area contributed by atoms with Gasteiger partial charge in [-0.15, -0.1) is 0 Å². The van der Waals surface area contributed by atoms with Crippen LogP contribution in [0.15, 0.2) is 18.2 Å². The summed E-state index contributed by atoms with van der Waals surface area (Å²) in [5.41, 5.74) is 0.122. The number of hydrogen-bond donors (Lipinski definition) is 1. The first-order valence-corrected chi connectivity index (χ1v) is 7.74. The number of nitro groups is 1. The highest BCUT2D eigenvalue weighted by Gasteiger charge is 2.36. The maximum atomic E-state index is 12.3. The molecule has 1 saturated heterocycles. The molecular formula is C15H18ClN3O5. The number of carbonyl (C=O) groups is 2. The Morgan fingerprint density at radius 3 is 2.88 bits per heavy atom. The summed E-state index contributed by atoms with van der Waals surface area (Å²) in [6.07, 6.45) is 0.116. The normalized spacial score (nSPS) is 18.5. The monoisotopic (exact) mass is 355 g/mol. The van der Waals surface area contributed by atoms with Crippen LogP contribution in [0.25, 0.3) is 0 Å². The summed E-state index contributed by atoms with van der Waals surface area (Å²) in [4.78, 5) is 36.1. The minimum atomic E-state index is -0.567. The number of non-ortho nitro benzene ring substituents is 1. The molecule has 2 rings (SSSR count). The van der Waals surface area contributed by atoms with Gasteiger partial charge >= 0.3 is 0 Å². The summed E-state index contributed by atoms with van der Waals surface area (Å²) in [5, 5.41) is 13.4. The first-order chi connectivity index (χ1) is 11.3. The molecule has 2 atom stereocenters. The van der Waals surface area contributed by atoms with Crippen LogP contribution in [0.4, 0.5) is 11.4 Å². The highest BCUT2D eigenvalue weighted by atomic mass is 35.5. The van der Waals surface area contributed by atoms with Gasteiger partial charge in [0.05, 0.1) is 34.2 Å². The first-order valence-electron chi connectivity index (χ1n) is 7.36. The molecule has 0 radical (unpaired) electrons. The SMILES string of the molecule is COC[C@@H](C)N1C[C@H](C(=O)Nc2ccc([N+](=O)[O-])cc2Cl)CC1=O. The van der Waals surface area contributed by atoms with Gasteiger partial charge in [-0.2, -0.15) is 0 Å². The van der Waals surface area contributed by atoms with Gasteiger partial charge in [0.1, 0.15) is 0 Å². The van der Waals surface area contributed by atoms with Gasteiger partial charge in [0, 0.05) is 32.2 Å². The van der Waals surface area contributed by atoms with E-state index in [-0.39, 0.29) is 40.7 Å². The maximum absolute atomic E-state index is 12.3. The van der Waals surface area contributed by atoms with E-state index in [1.807, 2.05) is 6.92 Å². The van der Waals surface area contributed by atoms with Gasteiger partial charge in [-0.05, 0) is 13.0 Å². The molecule has 0 bridgehead atoms. The number of halogens is 1. The van der Waals surface area contributed by atoms with E-state index in [0.29, 0.717) is 13.2 Å². The zero-order valence-electron chi connectivity index (χ0n) is 13.3. The van der Waals surface area contributed by atoms with E-state index in [9.17, 15) is 19.7 Å². The fraction of sp³-hybridized carbons (Fsp3) is 0.467. The molecule has 0 aromatic heterocycles. The van der Waals surface area contributed by atoms with Crippen LogP contribution in [-0.4, -0.2) is 47.9 Å². The molecule has 1 aromatic carbocycles. The zero-order chi connectivity index (χ0) is 17.9. The van der Waals surface area contributed by atoms with Crippen molar-refractivity contribution in [2.45, 2.75) is 19.4 Å². The number of nitrogens with one attached hydrogen (secondary N) is 1. The highest BCUT2D eigenvalue weighted by molar-refractivity contribution is 6.34. The third-order valence-electron chi connectivity index (χ3n) is 3.89. The smallest absolute Gasteiger partial charge is 0.271 e. The zero-order valence-corrected chi connectivity index (χ0v) is 14.1. The summed E-state index contributed by atoms with van der Waals surface area (Å²) in [5.74, 6) is -0.941. The number of nitrogens with zero attached hydrogens (tertiary/aromatic N) is 2. The molecule has 1 fully saturated rings. The van der Waals surface area contributed by atoms with E-state index in [1.165, 1.54) is 18.2 Å². The number of hydrogen-bond acceptors (Lipinski definition) is 5. The Morgan fingerprint density at radius 1 is 1.58 bits per heavy atom. The lowest BCUT2D eigenvalue weighted by Gasteiger charge is -2.23. The second kappa shape index (κ2) is 7.59. The number of anilines is 1. The Morgan fingerprint density at radius 2 is 2.29 bits per heavy atom. The predicted molar refractivity (Wildman–Crippen MR) is 87.9 cm³/mol. The molecule has 130 valence electrons. The first kappa shape index (κ1) is 18.2. The molecule has 2 amide bonds. The second-order valence-electron chi connectivity index (χ2n) is 5.66. The van der Waals surface area contributed by atoms with E-state index < -0.39 is 10.8 Å². The van der Waals surface area contributed by atoms with Gasteiger partial charge in [-0.25, -0.2) is 0 Å². The van der Waals surface area contributed by atoms with Crippen LogP contribution < -0.4 is 5.32 Å². The summed E-state index contributed by atoms with van der Waals surface area (Å²) in [7, 11) is 1.55. The van der Waals surface area contributed by atoms with Gasteiger partial charge in [0.15, 0.2) is 0 Å². The third-order valence-corrected chi connectivity index (χ3v) is 4.20. The minimum absolute atomic E-state index is 0.0754. The quantitative estimate of drug-likeness (QED) is 0.621. The molecule has 0 saturated carbocycles. The molecule has 1 aliphatic heterocycles. The summed E-state index contributed by atoms with van der Waals surface area (Å²) < 4.78 is 5.04. The number of methoxy groups -OCH3 is 1. The van der Waals surface area contributed by atoms with Crippen molar-refractivity contribution in [1.82, 2.24) is 4.90 Å². The molecule has 1 aliphatic rings. The molecule has 8 nitrogen and oxygen atoms in total. The molecule has 0 unspecified atom stereocenters. The molecule has 0 aliphatic carbocycles. The van der Waals surface area contributed by atoms with Crippen molar-refractivity contribution in [2.75, 3.05) is 25.6 Å². The van der Waals surface area contributed by atoms with Crippen molar-refractivity contribution in [1.29, 1.82) is 0 Å². The van der Waals surface area contributed by atoms with E-state index in [2.05, 4.69) is 5.32 Å². The molecule has 0 spiro atoms. The number of nitro benzene ring substituents is 1. The number of rotatable bonds is 6. The predicted octanol–water partition coefficient (Wildman–Crippen LogP) is 2.07. The largest absolute Gasteiger partial charge is 0.383 e. The molecule has 9 heteroatoms. The van der Waals surface area contributed by atoms with E-state index in [4.69, 9.17) is 16.3 Å². The van der Waals surface area contributed by atoms with E-state index in [0.717, 1.165) is 0 Å². The second-order valence-corrected chi connectivity index (χ2v) is 6.07. The molecule has 1 N–H and O–H groups in total. The van der Waals surface area contributed by atoms with Gasteiger partial charge in [0.2, 0.25) is 11.8 Å². The van der Waals surface area contributed by atoms with Crippen LogP contribution in [0, 0.1) is 16.0 Å². The van der Waals surface area contributed by atoms with Crippen LogP contribution in [0.3, 0.4) is 0 Å². The van der Waals surface area contributed by atoms with Gasteiger partial charge in [0.25, 0.3) is 5.69 Å². The highest BCUT2D eigenvalue weighted by Crippen LogP contribution is 2.28. The lowest BCUT2D eigenvalue weighted by Crippen LogP contribution is -2.38. The number of amides is 2. The average Bonchev–Trinajstić information content (AvgIpc) is 2.91. The van der Waals surface area contributed by atoms with Crippen molar-refractivity contribution >= 4 is 34.8 Å². The topological polar surface area (TPSA) is 102 Å². The van der Waals surface area contributed by atoms with E-state index in [1.54, 1.807) is 12.0 Å². The summed E-state index contributed by atoms with van der Waals surface area (Å²) in [6, 6.07) is 3.70. The van der Waals surface area contributed by atoms with Crippen LogP contribution in [-0.2, 0) is 14.3 Å². The van der Waals surface area contributed by atoms with E-state index >= 15 is 0 Å². The van der Waals surface area contributed by atoms with Crippen LogP contribution >= 0.6 is 11.6 Å². The third kappa shape index (κ3) is 4.01. The Bertz CT molecular complexity index is 667. The summed E-state index contributed by atoms with van der Waals surface area (Å²) >= 11 is 5.96. The number of likely N-dealkylation sites (tertiary alicyclic amines) is 1. The lowest BCUT2D eigenvalue weighted by molar-refractivity contribution is -0.384. The standard InChI is InChI=1S/C15H18ClN3O5/c1-9(8-24-2)18-7-10(5-14(18)20)15(21)17-13-4-3-11(19(22)23)6-12(13)16/h3-4,6,9-10H,5,7-8H2,1-2H3,(H,17,21)/t9-,10-/m1/s1. The fourth-order valence-corrected chi connectivity index (χ4v) is 2.84. The Labute approximate surface area is 143 Å². The van der Waals surface area contributed by atoms with Crippen LogP contribution in [0.1, 0.15) is 13.3 Å². The lowest BCUT2D eigenvalue weighted by atomic mass is 10.1.